The maximum atomic E-state index is 12.1. The Labute approximate surface area is 106 Å². The van der Waals surface area contributed by atoms with Crippen LogP contribution in [-0.4, -0.2) is 27.7 Å². The van der Waals surface area contributed by atoms with Gasteiger partial charge in [-0.1, -0.05) is 6.92 Å². The molecule has 1 aliphatic heterocycles. The Bertz CT molecular complexity index is 461. The first kappa shape index (κ1) is 13.0. The van der Waals surface area contributed by atoms with E-state index in [0.29, 0.717) is 17.4 Å². The summed E-state index contributed by atoms with van der Waals surface area (Å²) in [5.41, 5.74) is 0. The monoisotopic (exact) mass is 275 g/mol. The molecule has 2 rings (SSSR count). The number of hydrogen-bond donors (Lipinski definition) is 1. The molecule has 0 saturated carbocycles. The van der Waals surface area contributed by atoms with Crippen LogP contribution in [-0.2, 0) is 21.2 Å². The first-order valence-electron chi connectivity index (χ1n) is 5.80. The molecule has 0 aromatic carbocycles. The molecule has 0 spiro atoms. The van der Waals surface area contributed by atoms with Gasteiger partial charge in [0, 0.05) is 24.1 Å². The summed E-state index contributed by atoms with van der Waals surface area (Å²) in [7, 11) is -3.34. The Balaban J connectivity index is 2.07. The minimum absolute atomic E-state index is 0.0147. The van der Waals surface area contributed by atoms with Gasteiger partial charge in [0.25, 0.3) is 0 Å². The second kappa shape index (κ2) is 5.48. The molecule has 1 saturated heterocycles. The van der Waals surface area contributed by atoms with E-state index < -0.39 is 10.0 Å². The van der Waals surface area contributed by atoms with Gasteiger partial charge in [-0.05, 0) is 31.4 Å². The third-order valence-corrected chi connectivity index (χ3v) is 6.04. The van der Waals surface area contributed by atoms with Crippen LogP contribution in [0.2, 0.25) is 0 Å². The minimum atomic E-state index is -3.34. The van der Waals surface area contributed by atoms with Crippen molar-refractivity contribution >= 4 is 21.4 Å². The average molecular weight is 275 g/mol. The number of ether oxygens (including phenoxy) is 1. The van der Waals surface area contributed by atoms with Gasteiger partial charge in [0.2, 0.25) is 10.0 Å². The predicted molar refractivity (Wildman–Crippen MR) is 67.9 cm³/mol. The molecule has 1 N–H and O–H groups in total. The Hall–Kier alpha value is -0.430. The normalized spacial score (nSPS) is 18.4. The van der Waals surface area contributed by atoms with E-state index in [2.05, 4.69) is 4.72 Å². The SMILES string of the molecule is CCc1ccc(S(=O)(=O)NC2CCOCC2)s1. The third-order valence-electron chi connectivity index (χ3n) is 2.79. The first-order valence-corrected chi connectivity index (χ1v) is 8.10. The molecular weight excluding hydrogens is 258 g/mol. The van der Waals surface area contributed by atoms with Gasteiger partial charge in [-0.2, -0.15) is 0 Å². The van der Waals surface area contributed by atoms with E-state index in [-0.39, 0.29) is 6.04 Å². The van der Waals surface area contributed by atoms with E-state index in [0.717, 1.165) is 24.1 Å². The Kier molecular flexibility index (Phi) is 4.19. The van der Waals surface area contributed by atoms with Crippen LogP contribution in [0.5, 0.6) is 0 Å². The van der Waals surface area contributed by atoms with Crippen molar-refractivity contribution in [2.24, 2.45) is 0 Å². The van der Waals surface area contributed by atoms with Crippen molar-refractivity contribution in [1.29, 1.82) is 0 Å². The summed E-state index contributed by atoms with van der Waals surface area (Å²) in [5.74, 6) is 0. The Morgan fingerprint density at radius 1 is 1.41 bits per heavy atom. The maximum absolute atomic E-state index is 12.1. The molecule has 4 nitrogen and oxygen atoms in total. The van der Waals surface area contributed by atoms with Gasteiger partial charge in [0.15, 0.2) is 0 Å². The Morgan fingerprint density at radius 3 is 2.71 bits per heavy atom. The molecule has 0 atom stereocenters. The van der Waals surface area contributed by atoms with E-state index in [4.69, 9.17) is 4.74 Å². The molecule has 1 aromatic rings. The molecule has 1 aromatic heterocycles. The predicted octanol–water partition coefficient (Wildman–Crippen LogP) is 1.77. The molecule has 0 amide bonds. The van der Waals surface area contributed by atoms with Crippen LogP contribution >= 0.6 is 11.3 Å². The van der Waals surface area contributed by atoms with Crippen LogP contribution < -0.4 is 4.72 Å². The van der Waals surface area contributed by atoms with E-state index in [1.54, 1.807) is 6.07 Å². The van der Waals surface area contributed by atoms with Gasteiger partial charge >= 0.3 is 0 Å². The highest BCUT2D eigenvalue weighted by molar-refractivity contribution is 7.91. The van der Waals surface area contributed by atoms with Crippen molar-refractivity contribution in [1.82, 2.24) is 4.72 Å². The molecule has 17 heavy (non-hydrogen) atoms. The van der Waals surface area contributed by atoms with Crippen LogP contribution in [0.4, 0.5) is 0 Å². The van der Waals surface area contributed by atoms with E-state index in [1.165, 1.54) is 11.3 Å². The smallest absolute Gasteiger partial charge is 0.250 e. The quantitative estimate of drug-likeness (QED) is 0.911. The van der Waals surface area contributed by atoms with Crippen molar-refractivity contribution in [2.45, 2.75) is 36.4 Å². The molecule has 0 bridgehead atoms. The minimum Gasteiger partial charge on any atom is -0.381 e. The summed E-state index contributed by atoms with van der Waals surface area (Å²) in [6, 6.07) is 3.58. The summed E-state index contributed by atoms with van der Waals surface area (Å²) in [6.45, 7) is 3.30. The third kappa shape index (κ3) is 3.28. The van der Waals surface area contributed by atoms with Crippen molar-refractivity contribution in [3.05, 3.63) is 17.0 Å². The highest BCUT2D eigenvalue weighted by Crippen LogP contribution is 2.22. The maximum Gasteiger partial charge on any atom is 0.250 e. The van der Waals surface area contributed by atoms with Crippen LogP contribution in [0.1, 0.15) is 24.6 Å². The summed E-state index contributed by atoms with van der Waals surface area (Å²) in [4.78, 5) is 1.09. The number of thiophene rings is 1. The number of hydrogen-bond acceptors (Lipinski definition) is 4. The summed E-state index contributed by atoms with van der Waals surface area (Å²) >= 11 is 1.35. The molecule has 2 heterocycles. The van der Waals surface area contributed by atoms with Crippen LogP contribution in [0.15, 0.2) is 16.3 Å². The highest BCUT2D eigenvalue weighted by Gasteiger charge is 2.23. The molecular formula is C11H17NO3S2. The standard InChI is InChI=1S/C11H17NO3S2/c1-2-10-3-4-11(16-10)17(13,14)12-9-5-7-15-8-6-9/h3-4,9,12H,2,5-8H2,1H3. The number of rotatable bonds is 4. The second-order valence-electron chi connectivity index (χ2n) is 4.08. The van der Waals surface area contributed by atoms with Crippen molar-refractivity contribution in [3.63, 3.8) is 0 Å². The lowest BCUT2D eigenvalue weighted by molar-refractivity contribution is 0.0832. The lowest BCUT2D eigenvalue weighted by Crippen LogP contribution is -2.38. The van der Waals surface area contributed by atoms with Crippen molar-refractivity contribution in [2.75, 3.05) is 13.2 Å². The van der Waals surface area contributed by atoms with Crippen LogP contribution in [0.25, 0.3) is 0 Å². The van der Waals surface area contributed by atoms with Crippen molar-refractivity contribution < 1.29 is 13.2 Å². The molecule has 1 aliphatic rings. The molecule has 0 aliphatic carbocycles. The fourth-order valence-corrected chi connectivity index (χ4v) is 4.40. The zero-order valence-corrected chi connectivity index (χ0v) is 11.4. The van der Waals surface area contributed by atoms with Gasteiger partial charge in [-0.3, -0.25) is 0 Å². The lowest BCUT2D eigenvalue weighted by Gasteiger charge is -2.22. The number of aryl methyl sites for hydroxylation is 1. The van der Waals surface area contributed by atoms with E-state index in [9.17, 15) is 8.42 Å². The fourth-order valence-electron chi connectivity index (χ4n) is 1.79. The van der Waals surface area contributed by atoms with Gasteiger partial charge < -0.3 is 4.74 Å². The molecule has 0 unspecified atom stereocenters. The number of sulfonamides is 1. The molecule has 6 heteroatoms. The van der Waals surface area contributed by atoms with Crippen LogP contribution in [0, 0.1) is 0 Å². The van der Waals surface area contributed by atoms with Crippen molar-refractivity contribution in [3.8, 4) is 0 Å². The highest BCUT2D eigenvalue weighted by atomic mass is 32.2. The lowest BCUT2D eigenvalue weighted by atomic mass is 10.1. The van der Waals surface area contributed by atoms with E-state index in [1.807, 2.05) is 13.0 Å². The largest absolute Gasteiger partial charge is 0.381 e. The fraction of sp³-hybridized carbons (Fsp3) is 0.636. The van der Waals surface area contributed by atoms with Gasteiger partial charge in [-0.25, -0.2) is 13.1 Å². The van der Waals surface area contributed by atoms with E-state index >= 15 is 0 Å². The topological polar surface area (TPSA) is 55.4 Å². The van der Waals surface area contributed by atoms with Gasteiger partial charge in [-0.15, -0.1) is 11.3 Å². The van der Waals surface area contributed by atoms with Gasteiger partial charge in [0.05, 0.1) is 0 Å². The Morgan fingerprint density at radius 2 is 2.12 bits per heavy atom. The zero-order chi connectivity index (χ0) is 12.3. The second-order valence-corrected chi connectivity index (χ2v) is 7.19. The zero-order valence-electron chi connectivity index (χ0n) is 9.81. The average Bonchev–Trinajstić information content (AvgIpc) is 2.79. The summed E-state index contributed by atoms with van der Waals surface area (Å²) in [5, 5.41) is 0. The first-order chi connectivity index (χ1) is 8.12. The van der Waals surface area contributed by atoms with Crippen LogP contribution in [0.3, 0.4) is 0 Å². The molecule has 0 radical (unpaired) electrons. The number of nitrogens with one attached hydrogen (secondary N) is 1. The summed E-state index contributed by atoms with van der Waals surface area (Å²) in [6.07, 6.45) is 2.38. The molecule has 96 valence electrons. The van der Waals surface area contributed by atoms with Gasteiger partial charge in [0.1, 0.15) is 4.21 Å². The molecule has 1 fully saturated rings. The summed E-state index contributed by atoms with van der Waals surface area (Å²) < 4.78 is 32.6.